The molecule has 2 aromatic rings. The van der Waals surface area contributed by atoms with Gasteiger partial charge >= 0.3 is 0 Å². The molecule has 0 radical (unpaired) electrons. The number of hydrogen-bond donors (Lipinski definition) is 1. The molecule has 3 nitrogen and oxygen atoms in total. The summed E-state index contributed by atoms with van der Waals surface area (Å²) in [6.45, 7) is 2.00. The zero-order chi connectivity index (χ0) is 12.5. The molecule has 0 bridgehead atoms. The van der Waals surface area contributed by atoms with Crippen molar-refractivity contribution < 1.29 is 0 Å². The molecule has 92 valence electrons. The van der Waals surface area contributed by atoms with Crippen LogP contribution in [0, 0.1) is 12.8 Å². The van der Waals surface area contributed by atoms with Crippen molar-refractivity contribution in [2.45, 2.75) is 25.8 Å². The number of nitrogens with two attached hydrogens (primary N) is 1. The summed E-state index contributed by atoms with van der Waals surface area (Å²) in [7, 11) is 0. The van der Waals surface area contributed by atoms with Crippen LogP contribution in [0.4, 0.5) is 0 Å². The summed E-state index contributed by atoms with van der Waals surface area (Å²) in [5, 5.41) is 0. The van der Waals surface area contributed by atoms with E-state index < -0.39 is 0 Å². The summed E-state index contributed by atoms with van der Waals surface area (Å²) >= 11 is 0. The number of hydrogen-bond acceptors (Lipinski definition) is 3. The molecule has 3 rings (SSSR count). The summed E-state index contributed by atoms with van der Waals surface area (Å²) < 4.78 is 0. The largest absolute Gasteiger partial charge is 0.321 e. The van der Waals surface area contributed by atoms with E-state index in [1.807, 2.05) is 31.2 Å². The van der Waals surface area contributed by atoms with Gasteiger partial charge in [-0.15, -0.1) is 0 Å². The van der Waals surface area contributed by atoms with E-state index in [2.05, 4.69) is 22.1 Å². The van der Waals surface area contributed by atoms with E-state index in [0.717, 1.165) is 22.8 Å². The maximum absolute atomic E-state index is 6.19. The van der Waals surface area contributed by atoms with Crippen LogP contribution >= 0.6 is 0 Å². The number of aromatic nitrogens is 2. The Bertz CT molecular complexity index is 547. The highest BCUT2D eigenvalue weighted by atomic mass is 14.9. The Balaban J connectivity index is 2.00. The average molecular weight is 239 g/mol. The van der Waals surface area contributed by atoms with Crippen LogP contribution < -0.4 is 5.73 Å². The van der Waals surface area contributed by atoms with Crippen LogP contribution in [0.5, 0.6) is 0 Å². The van der Waals surface area contributed by atoms with Crippen LogP contribution in [0.2, 0.25) is 0 Å². The maximum atomic E-state index is 6.19. The lowest BCUT2D eigenvalue weighted by molar-refractivity contribution is 0.592. The molecule has 1 fully saturated rings. The van der Waals surface area contributed by atoms with Gasteiger partial charge < -0.3 is 5.73 Å². The normalized spacial score (nSPS) is 16.6. The zero-order valence-electron chi connectivity index (χ0n) is 10.5. The monoisotopic (exact) mass is 239 g/mol. The van der Waals surface area contributed by atoms with Crippen LogP contribution in [-0.2, 0) is 0 Å². The summed E-state index contributed by atoms with van der Waals surface area (Å²) in [6.07, 6.45) is 2.41. The molecule has 3 heteroatoms. The molecule has 1 aliphatic carbocycles. The quantitative estimate of drug-likeness (QED) is 0.896. The fraction of sp³-hybridized carbons (Fsp3) is 0.333. The van der Waals surface area contributed by atoms with E-state index >= 15 is 0 Å². The van der Waals surface area contributed by atoms with Crippen LogP contribution in [0.3, 0.4) is 0 Å². The molecule has 1 aliphatic rings. The Labute approximate surface area is 107 Å². The van der Waals surface area contributed by atoms with Gasteiger partial charge in [0.15, 0.2) is 0 Å². The maximum Gasteiger partial charge on any atom is 0.146 e. The van der Waals surface area contributed by atoms with Crippen molar-refractivity contribution in [1.82, 2.24) is 9.97 Å². The third-order valence-electron chi connectivity index (χ3n) is 3.37. The topological polar surface area (TPSA) is 51.8 Å². The molecule has 1 aromatic carbocycles. The highest BCUT2D eigenvalue weighted by Gasteiger charge is 2.31. The summed E-state index contributed by atoms with van der Waals surface area (Å²) in [5.41, 5.74) is 9.26. The molecule has 0 amide bonds. The predicted octanol–water partition coefficient (Wildman–Crippen LogP) is 2.86. The fourth-order valence-corrected chi connectivity index (χ4v) is 2.16. The Morgan fingerprint density at radius 1 is 1.17 bits per heavy atom. The minimum Gasteiger partial charge on any atom is -0.321 e. The van der Waals surface area contributed by atoms with Gasteiger partial charge in [0.2, 0.25) is 0 Å². The van der Waals surface area contributed by atoms with Gasteiger partial charge in [0.25, 0.3) is 0 Å². The third kappa shape index (κ3) is 2.27. The first-order valence-electron chi connectivity index (χ1n) is 6.40. The first-order chi connectivity index (χ1) is 8.74. The first-order valence-corrected chi connectivity index (χ1v) is 6.40. The average Bonchev–Trinajstić information content (AvgIpc) is 3.22. The molecule has 0 spiro atoms. The van der Waals surface area contributed by atoms with Crippen molar-refractivity contribution in [3.05, 3.63) is 47.9 Å². The van der Waals surface area contributed by atoms with Gasteiger partial charge in [-0.1, -0.05) is 30.3 Å². The highest BCUT2D eigenvalue weighted by Crippen LogP contribution is 2.38. The summed E-state index contributed by atoms with van der Waals surface area (Å²) in [4.78, 5) is 9.11. The lowest BCUT2D eigenvalue weighted by Gasteiger charge is -2.11. The van der Waals surface area contributed by atoms with Crippen LogP contribution in [0.25, 0.3) is 11.3 Å². The minimum absolute atomic E-state index is 0.00707. The van der Waals surface area contributed by atoms with E-state index in [0.29, 0.717) is 5.92 Å². The second kappa shape index (κ2) is 4.50. The van der Waals surface area contributed by atoms with Crippen molar-refractivity contribution in [1.29, 1.82) is 0 Å². The molecule has 1 aromatic heterocycles. The lowest BCUT2D eigenvalue weighted by Crippen LogP contribution is -2.16. The fourth-order valence-electron chi connectivity index (χ4n) is 2.16. The SMILES string of the molecule is Cc1cc(-c2ccccc2)nc(C(N)C2CC2)n1. The van der Waals surface area contributed by atoms with E-state index in [9.17, 15) is 0 Å². The van der Waals surface area contributed by atoms with Crippen molar-refractivity contribution >= 4 is 0 Å². The second-order valence-corrected chi connectivity index (χ2v) is 4.98. The summed E-state index contributed by atoms with van der Waals surface area (Å²) in [6, 6.07) is 12.2. The second-order valence-electron chi connectivity index (χ2n) is 4.98. The van der Waals surface area contributed by atoms with Gasteiger partial charge in [0, 0.05) is 11.3 Å². The number of aryl methyl sites for hydroxylation is 1. The Morgan fingerprint density at radius 3 is 2.56 bits per heavy atom. The molecule has 0 aliphatic heterocycles. The van der Waals surface area contributed by atoms with Gasteiger partial charge in [-0.3, -0.25) is 0 Å². The number of nitrogens with zero attached hydrogens (tertiary/aromatic N) is 2. The first kappa shape index (κ1) is 11.4. The van der Waals surface area contributed by atoms with E-state index in [4.69, 9.17) is 5.73 Å². The van der Waals surface area contributed by atoms with Crippen molar-refractivity contribution in [3.8, 4) is 11.3 Å². The van der Waals surface area contributed by atoms with Gasteiger partial charge in [-0.2, -0.15) is 0 Å². The van der Waals surface area contributed by atoms with Crippen LogP contribution in [-0.4, -0.2) is 9.97 Å². The lowest BCUT2D eigenvalue weighted by atomic mass is 10.1. The highest BCUT2D eigenvalue weighted by molar-refractivity contribution is 5.59. The minimum atomic E-state index is -0.00707. The van der Waals surface area contributed by atoms with Gasteiger partial charge in [-0.25, -0.2) is 9.97 Å². The molecule has 1 unspecified atom stereocenters. The molecular formula is C15H17N3. The smallest absolute Gasteiger partial charge is 0.146 e. The Morgan fingerprint density at radius 2 is 1.89 bits per heavy atom. The van der Waals surface area contributed by atoms with Crippen molar-refractivity contribution in [3.63, 3.8) is 0 Å². The van der Waals surface area contributed by atoms with Gasteiger partial charge in [0.05, 0.1) is 11.7 Å². The number of rotatable bonds is 3. The molecule has 18 heavy (non-hydrogen) atoms. The Kier molecular flexibility index (Phi) is 2.84. The van der Waals surface area contributed by atoms with Gasteiger partial charge in [0.1, 0.15) is 5.82 Å². The third-order valence-corrected chi connectivity index (χ3v) is 3.37. The molecular weight excluding hydrogens is 222 g/mol. The Hall–Kier alpha value is -1.74. The molecule has 1 atom stereocenters. The van der Waals surface area contributed by atoms with Crippen molar-refractivity contribution in [2.75, 3.05) is 0 Å². The molecule has 1 saturated carbocycles. The molecule has 1 heterocycles. The predicted molar refractivity (Wildman–Crippen MR) is 71.9 cm³/mol. The summed E-state index contributed by atoms with van der Waals surface area (Å²) in [5.74, 6) is 1.37. The number of benzene rings is 1. The van der Waals surface area contributed by atoms with E-state index in [-0.39, 0.29) is 6.04 Å². The zero-order valence-corrected chi connectivity index (χ0v) is 10.5. The van der Waals surface area contributed by atoms with Crippen LogP contribution in [0.1, 0.15) is 30.4 Å². The molecule has 2 N–H and O–H groups in total. The van der Waals surface area contributed by atoms with E-state index in [1.165, 1.54) is 12.8 Å². The van der Waals surface area contributed by atoms with Crippen molar-refractivity contribution in [2.24, 2.45) is 11.7 Å². The standard InChI is InChI=1S/C15H17N3/c1-10-9-13(11-5-3-2-4-6-11)18-15(17-10)14(16)12-7-8-12/h2-6,9,12,14H,7-8,16H2,1H3. The van der Waals surface area contributed by atoms with Gasteiger partial charge in [-0.05, 0) is 31.7 Å². The van der Waals surface area contributed by atoms with Crippen LogP contribution in [0.15, 0.2) is 36.4 Å². The van der Waals surface area contributed by atoms with E-state index in [1.54, 1.807) is 0 Å². The molecule has 0 saturated heterocycles.